The van der Waals surface area contributed by atoms with E-state index in [0.717, 1.165) is 43.6 Å². The quantitative estimate of drug-likeness (QED) is 0.0348. The maximum Gasteiger partial charge on any atom is 0.347 e. The molecule has 1 aromatic heterocycles. The molecule has 0 amide bonds. The van der Waals surface area contributed by atoms with E-state index in [1.54, 1.807) is 43.3 Å². The second-order valence-corrected chi connectivity index (χ2v) is 12.8. The van der Waals surface area contributed by atoms with Gasteiger partial charge in [0.15, 0.2) is 5.78 Å². The fraction of sp³-hybridized carbons (Fsp3) is 0.349. The molecule has 3 aromatic carbocycles. The number of fused-ring (bicyclic) bond motifs is 1. The largest absolute Gasteiger partial charge is 0.494 e. The van der Waals surface area contributed by atoms with Crippen LogP contribution in [0.5, 0.6) is 17.2 Å². The minimum absolute atomic E-state index is 0.0185. The zero-order chi connectivity index (χ0) is 37.5. The van der Waals surface area contributed by atoms with Crippen molar-refractivity contribution < 1.29 is 33.0 Å². The van der Waals surface area contributed by atoms with E-state index in [1.807, 2.05) is 24.3 Å². The number of nitrogens with zero attached hydrogens (tertiary/aromatic N) is 1. The SMILES string of the molecule is C=CC(C)=O.C=CC(OCCCOc1ccc(C(=O)Oc2cc3c(=O)oc(-c4ccc(OCCCC(C)CC)cc4)nc3cc2C)cc1)=C1CCC1. The van der Waals surface area contributed by atoms with Gasteiger partial charge in [-0.25, -0.2) is 14.6 Å². The number of allylic oxidation sites excluding steroid dienone is 3. The Labute approximate surface area is 306 Å². The first-order valence-corrected chi connectivity index (χ1v) is 17.9. The van der Waals surface area contributed by atoms with Crippen LogP contribution in [0.4, 0.5) is 0 Å². The summed E-state index contributed by atoms with van der Waals surface area (Å²) in [4.78, 5) is 40.2. The zero-order valence-electron chi connectivity index (χ0n) is 30.7. The van der Waals surface area contributed by atoms with Crippen LogP contribution in [-0.4, -0.2) is 36.6 Å². The number of benzene rings is 3. The van der Waals surface area contributed by atoms with Crippen molar-refractivity contribution in [2.75, 3.05) is 19.8 Å². The lowest BCUT2D eigenvalue weighted by Gasteiger charge is -2.20. The van der Waals surface area contributed by atoms with Gasteiger partial charge in [-0.2, -0.15) is 0 Å². The third kappa shape index (κ3) is 11.5. The van der Waals surface area contributed by atoms with Gasteiger partial charge in [-0.05, 0) is 136 Å². The molecule has 4 aromatic rings. The molecule has 1 heterocycles. The van der Waals surface area contributed by atoms with Gasteiger partial charge in [-0.1, -0.05) is 33.4 Å². The Morgan fingerprint density at radius 3 is 2.13 bits per heavy atom. The number of carbonyl (C=O) groups excluding carboxylic acids is 2. The first-order valence-electron chi connectivity index (χ1n) is 17.9. The van der Waals surface area contributed by atoms with E-state index in [1.165, 1.54) is 37.5 Å². The number of aryl methyl sites for hydroxylation is 1. The van der Waals surface area contributed by atoms with Crippen molar-refractivity contribution >= 4 is 22.7 Å². The van der Waals surface area contributed by atoms with Crippen LogP contribution in [0, 0.1) is 12.8 Å². The average molecular weight is 708 g/mol. The summed E-state index contributed by atoms with van der Waals surface area (Å²) >= 11 is 0. The summed E-state index contributed by atoms with van der Waals surface area (Å²) in [5.41, 5.74) is 2.89. The molecule has 0 spiro atoms. The van der Waals surface area contributed by atoms with Crippen molar-refractivity contribution in [1.82, 2.24) is 4.98 Å². The van der Waals surface area contributed by atoms with E-state index in [0.29, 0.717) is 53.7 Å². The molecule has 1 atom stereocenters. The van der Waals surface area contributed by atoms with Gasteiger partial charge in [-0.3, -0.25) is 4.79 Å². The molecule has 5 rings (SSSR count). The van der Waals surface area contributed by atoms with Crippen LogP contribution in [0.2, 0.25) is 0 Å². The Kier molecular flexibility index (Phi) is 15.0. The van der Waals surface area contributed by atoms with Gasteiger partial charge in [0.25, 0.3) is 0 Å². The van der Waals surface area contributed by atoms with Gasteiger partial charge in [0.2, 0.25) is 5.89 Å². The highest BCUT2D eigenvalue weighted by Gasteiger charge is 2.16. The third-order valence-electron chi connectivity index (χ3n) is 8.72. The number of rotatable bonds is 17. The van der Waals surface area contributed by atoms with Crippen LogP contribution in [0.15, 0.2) is 107 Å². The molecular weight excluding hydrogens is 658 g/mol. The monoisotopic (exact) mass is 707 g/mol. The molecule has 9 nitrogen and oxygen atoms in total. The summed E-state index contributed by atoms with van der Waals surface area (Å²) in [6, 6.07) is 17.3. The van der Waals surface area contributed by atoms with Gasteiger partial charge < -0.3 is 23.4 Å². The summed E-state index contributed by atoms with van der Waals surface area (Å²) in [7, 11) is 0. The number of ether oxygens (including phenoxy) is 4. The van der Waals surface area contributed by atoms with Crippen molar-refractivity contribution in [3.05, 3.63) is 119 Å². The summed E-state index contributed by atoms with van der Waals surface area (Å²) in [5, 5.41) is 0.222. The lowest BCUT2D eigenvalue weighted by atomic mass is 9.91. The Morgan fingerprint density at radius 2 is 1.56 bits per heavy atom. The molecule has 1 aliphatic carbocycles. The molecule has 1 aliphatic rings. The highest BCUT2D eigenvalue weighted by atomic mass is 16.5. The molecule has 1 unspecified atom stereocenters. The number of carbonyl (C=O) groups is 2. The average Bonchev–Trinajstić information content (AvgIpc) is 3.13. The highest BCUT2D eigenvalue weighted by molar-refractivity contribution is 5.92. The minimum atomic E-state index is -0.569. The van der Waals surface area contributed by atoms with E-state index >= 15 is 0 Å². The number of aromatic nitrogens is 1. The molecule has 0 radical (unpaired) electrons. The van der Waals surface area contributed by atoms with E-state index < -0.39 is 11.6 Å². The topological polar surface area (TPSA) is 114 Å². The predicted molar refractivity (Wildman–Crippen MR) is 204 cm³/mol. The Balaban J connectivity index is 0.00000113. The molecule has 9 heteroatoms. The van der Waals surface area contributed by atoms with Gasteiger partial charge >= 0.3 is 11.6 Å². The van der Waals surface area contributed by atoms with Gasteiger partial charge in [0.05, 0.1) is 36.3 Å². The van der Waals surface area contributed by atoms with Crippen molar-refractivity contribution in [3.63, 3.8) is 0 Å². The van der Waals surface area contributed by atoms with Crippen LogP contribution in [0.3, 0.4) is 0 Å². The fourth-order valence-electron chi connectivity index (χ4n) is 5.14. The Hall–Kier alpha value is -5.44. The molecule has 274 valence electrons. The third-order valence-corrected chi connectivity index (χ3v) is 8.72. The summed E-state index contributed by atoms with van der Waals surface area (Å²) in [5.74, 6) is 2.93. The van der Waals surface area contributed by atoms with Gasteiger partial charge in [-0.15, -0.1) is 0 Å². The molecule has 0 N–H and O–H groups in total. The second kappa shape index (κ2) is 19.8. The molecule has 1 fully saturated rings. The first-order chi connectivity index (χ1) is 25.1. The van der Waals surface area contributed by atoms with Crippen LogP contribution < -0.4 is 19.8 Å². The van der Waals surface area contributed by atoms with Crippen LogP contribution >= 0.6 is 0 Å². The molecule has 0 saturated heterocycles. The lowest BCUT2D eigenvalue weighted by Crippen LogP contribution is -2.11. The van der Waals surface area contributed by atoms with Crippen molar-refractivity contribution in [1.29, 1.82) is 0 Å². The Bertz CT molecular complexity index is 1920. The molecule has 1 saturated carbocycles. The lowest BCUT2D eigenvalue weighted by molar-refractivity contribution is -0.112. The van der Waals surface area contributed by atoms with E-state index in [-0.39, 0.29) is 22.8 Å². The minimum Gasteiger partial charge on any atom is -0.494 e. The summed E-state index contributed by atoms with van der Waals surface area (Å²) in [6.45, 7) is 16.4. The number of hydrogen-bond acceptors (Lipinski definition) is 9. The normalized spacial score (nSPS) is 12.4. The fourth-order valence-corrected chi connectivity index (χ4v) is 5.14. The van der Waals surface area contributed by atoms with E-state index in [9.17, 15) is 14.4 Å². The smallest absolute Gasteiger partial charge is 0.347 e. The summed E-state index contributed by atoms with van der Waals surface area (Å²) < 4.78 is 28.7. The number of esters is 1. The number of hydrogen-bond donors (Lipinski definition) is 0. The van der Waals surface area contributed by atoms with Crippen molar-refractivity contribution in [2.45, 2.75) is 72.6 Å². The second-order valence-electron chi connectivity index (χ2n) is 12.8. The first kappa shape index (κ1) is 39.3. The van der Waals surface area contributed by atoms with Gasteiger partial charge in [0.1, 0.15) is 23.0 Å². The molecule has 0 aliphatic heterocycles. The Morgan fingerprint density at radius 1 is 0.923 bits per heavy atom. The highest BCUT2D eigenvalue weighted by Crippen LogP contribution is 2.30. The maximum absolute atomic E-state index is 13.0. The van der Waals surface area contributed by atoms with E-state index in [2.05, 4.69) is 32.0 Å². The van der Waals surface area contributed by atoms with Crippen LogP contribution in [-0.2, 0) is 9.53 Å². The maximum atomic E-state index is 13.0. The predicted octanol–water partition coefficient (Wildman–Crippen LogP) is 9.76. The van der Waals surface area contributed by atoms with Crippen molar-refractivity contribution in [3.8, 4) is 28.7 Å². The summed E-state index contributed by atoms with van der Waals surface area (Å²) in [6.07, 6.45) is 10.5. The van der Waals surface area contributed by atoms with E-state index in [4.69, 9.17) is 23.4 Å². The van der Waals surface area contributed by atoms with Gasteiger partial charge in [0, 0.05) is 12.0 Å². The molecule has 0 bridgehead atoms. The number of ketones is 1. The molecular formula is C43H49NO8. The van der Waals surface area contributed by atoms with Crippen LogP contribution in [0.25, 0.3) is 22.4 Å². The zero-order valence-corrected chi connectivity index (χ0v) is 30.7. The molecule has 52 heavy (non-hydrogen) atoms. The van der Waals surface area contributed by atoms with Crippen LogP contribution in [0.1, 0.15) is 81.6 Å². The standard InChI is InChI=1S/C39H43NO7.C4H6O/c1-5-26(3)10-8-21-43-31-17-13-29(14-18-31)37-40-34-24-27(4)36(25-33(34)39(42)47-37)46-38(41)30-15-19-32(20-16-30)44-22-9-23-45-35(6-2)28-11-7-12-28;1-3-4(2)5/h6,13-20,24-26H,2,5,7-12,21-23H2,1,3-4H3;3H,1H2,2H3. The van der Waals surface area contributed by atoms with Crippen molar-refractivity contribution in [2.24, 2.45) is 5.92 Å².